The van der Waals surface area contributed by atoms with Crippen molar-refractivity contribution in [2.24, 2.45) is 17.6 Å². The predicted molar refractivity (Wildman–Crippen MR) is 76.1 cm³/mol. The molecule has 2 rings (SSSR count). The Bertz CT molecular complexity index is 616. The molecule has 0 aromatic heterocycles. The molecule has 112 valence electrons. The van der Waals surface area contributed by atoms with Crippen LogP contribution in [-0.4, -0.2) is 26.3 Å². The standard InChI is InChI=1S/C14H21FN2O2S/c1-9-4-12(9)8-17(3)20(18,19)13-5-10(2)14(15)11(6-13)7-16/h5-6,9,12H,4,7-8,16H2,1-3H3. The molecule has 1 saturated carbocycles. The van der Waals surface area contributed by atoms with Crippen LogP contribution >= 0.6 is 0 Å². The number of hydrogen-bond acceptors (Lipinski definition) is 3. The summed E-state index contributed by atoms with van der Waals surface area (Å²) in [6.07, 6.45) is 1.07. The Morgan fingerprint density at radius 2 is 2.05 bits per heavy atom. The summed E-state index contributed by atoms with van der Waals surface area (Å²) >= 11 is 0. The largest absolute Gasteiger partial charge is 0.326 e. The summed E-state index contributed by atoms with van der Waals surface area (Å²) in [5, 5.41) is 0. The first-order chi connectivity index (χ1) is 9.27. The zero-order valence-electron chi connectivity index (χ0n) is 12.1. The van der Waals surface area contributed by atoms with Crippen LogP contribution < -0.4 is 5.73 Å². The van der Waals surface area contributed by atoms with Crippen LogP contribution in [-0.2, 0) is 16.6 Å². The van der Waals surface area contributed by atoms with Gasteiger partial charge in [-0.2, -0.15) is 0 Å². The summed E-state index contributed by atoms with van der Waals surface area (Å²) in [4.78, 5) is 0.118. The van der Waals surface area contributed by atoms with E-state index in [1.807, 2.05) is 0 Å². The minimum atomic E-state index is -3.58. The third-order valence-electron chi connectivity index (χ3n) is 4.00. The first kappa shape index (κ1) is 15.4. The minimum Gasteiger partial charge on any atom is -0.326 e. The Morgan fingerprint density at radius 1 is 1.45 bits per heavy atom. The Morgan fingerprint density at radius 3 is 2.55 bits per heavy atom. The molecule has 2 unspecified atom stereocenters. The molecule has 1 fully saturated rings. The number of sulfonamides is 1. The van der Waals surface area contributed by atoms with Crippen LogP contribution in [0.5, 0.6) is 0 Å². The molecule has 0 spiro atoms. The molecule has 20 heavy (non-hydrogen) atoms. The third-order valence-corrected chi connectivity index (χ3v) is 5.80. The quantitative estimate of drug-likeness (QED) is 0.903. The summed E-state index contributed by atoms with van der Waals surface area (Å²) in [6.45, 7) is 4.16. The first-order valence-electron chi connectivity index (χ1n) is 6.72. The van der Waals surface area contributed by atoms with E-state index in [0.717, 1.165) is 6.42 Å². The van der Waals surface area contributed by atoms with Gasteiger partial charge in [-0.15, -0.1) is 0 Å². The van der Waals surface area contributed by atoms with Gasteiger partial charge in [0, 0.05) is 25.7 Å². The molecule has 0 radical (unpaired) electrons. The molecule has 1 aliphatic carbocycles. The maximum Gasteiger partial charge on any atom is 0.242 e. The van der Waals surface area contributed by atoms with Gasteiger partial charge in [-0.25, -0.2) is 17.1 Å². The van der Waals surface area contributed by atoms with Crippen LogP contribution in [0.15, 0.2) is 17.0 Å². The fourth-order valence-electron chi connectivity index (χ4n) is 2.37. The molecule has 0 bridgehead atoms. The highest BCUT2D eigenvalue weighted by atomic mass is 32.2. The van der Waals surface area contributed by atoms with Crippen molar-refractivity contribution in [3.05, 3.63) is 29.1 Å². The second kappa shape index (κ2) is 5.42. The molecule has 1 aliphatic rings. The molecule has 2 atom stereocenters. The third kappa shape index (κ3) is 2.87. The molecule has 0 saturated heterocycles. The smallest absolute Gasteiger partial charge is 0.242 e. The molecule has 1 aromatic rings. The van der Waals surface area contributed by atoms with E-state index in [1.54, 1.807) is 14.0 Å². The van der Waals surface area contributed by atoms with Crippen LogP contribution in [0.4, 0.5) is 4.39 Å². The van der Waals surface area contributed by atoms with Crippen molar-refractivity contribution >= 4 is 10.0 Å². The second-order valence-corrected chi connectivity index (χ2v) is 7.72. The number of halogens is 1. The van der Waals surface area contributed by atoms with Crippen molar-refractivity contribution in [3.8, 4) is 0 Å². The summed E-state index contributed by atoms with van der Waals surface area (Å²) in [7, 11) is -2.01. The molecule has 6 heteroatoms. The highest BCUT2D eigenvalue weighted by molar-refractivity contribution is 7.89. The molecular formula is C14H21FN2O2S. The van der Waals surface area contributed by atoms with Gasteiger partial charge in [-0.3, -0.25) is 0 Å². The van der Waals surface area contributed by atoms with Gasteiger partial charge in [0.25, 0.3) is 0 Å². The normalized spacial score (nSPS) is 22.3. The SMILES string of the molecule is Cc1cc(S(=O)(=O)N(C)CC2CC2C)cc(CN)c1F. The van der Waals surface area contributed by atoms with E-state index in [9.17, 15) is 12.8 Å². The highest BCUT2D eigenvalue weighted by Gasteiger charge is 2.36. The maximum atomic E-state index is 13.8. The van der Waals surface area contributed by atoms with E-state index >= 15 is 0 Å². The van der Waals surface area contributed by atoms with Crippen molar-refractivity contribution in [2.45, 2.75) is 31.7 Å². The average molecular weight is 300 g/mol. The van der Waals surface area contributed by atoms with Gasteiger partial charge >= 0.3 is 0 Å². The lowest BCUT2D eigenvalue weighted by atomic mass is 10.1. The molecule has 2 N–H and O–H groups in total. The number of benzene rings is 1. The molecular weight excluding hydrogens is 279 g/mol. The van der Waals surface area contributed by atoms with E-state index < -0.39 is 15.8 Å². The second-order valence-electron chi connectivity index (χ2n) is 5.68. The summed E-state index contributed by atoms with van der Waals surface area (Å²) in [6, 6.07) is 2.71. The van der Waals surface area contributed by atoms with E-state index in [2.05, 4.69) is 6.92 Å². The molecule has 1 aromatic carbocycles. The Balaban J connectivity index is 2.31. The predicted octanol–water partition coefficient (Wildman–Crippen LogP) is 1.87. The number of nitrogens with zero attached hydrogens (tertiary/aromatic N) is 1. The summed E-state index contributed by atoms with van der Waals surface area (Å²) < 4.78 is 40.1. The van der Waals surface area contributed by atoms with E-state index in [4.69, 9.17) is 5.73 Å². The van der Waals surface area contributed by atoms with Crippen LogP contribution in [0, 0.1) is 24.6 Å². The Hall–Kier alpha value is -0.980. The van der Waals surface area contributed by atoms with E-state index in [1.165, 1.54) is 16.4 Å². The Labute approximate surface area is 119 Å². The fourth-order valence-corrected chi connectivity index (χ4v) is 3.73. The lowest BCUT2D eigenvalue weighted by molar-refractivity contribution is 0.444. The monoisotopic (exact) mass is 300 g/mol. The summed E-state index contributed by atoms with van der Waals surface area (Å²) in [5.41, 5.74) is 6.01. The van der Waals surface area contributed by atoms with Crippen molar-refractivity contribution in [2.75, 3.05) is 13.6 Å². The lowest BCUT2D eigenvalue weighted by Crippen LogP contribution is -2.29. The van der Waals surface area contributed by atoms with E-state index in [-0.39, 0.29) is 17.0 Å². The molecule has 4 nitrogen and oxygen atoms in total. The van der Waals surface area contributed by atoms with Gasteiger partial charge in [0.05, 0.1) is 4.90 Å². The molecule has 0 aliphatic heterocycles. The minimum absolute atomic E-state index is 0.0145. The average Bonchev–Trinajstić information content (AvgIpc) is 3.07. The van der Waals surface area contributed by atoms with Crippen molar-refractivity contribution in [3.63, 3.8) is 0 Å². The van der Waals surface area contributed by atoms with E-state index in [0.29, 0.717) is 23.9 Å². The van der Waals surface area contributed by atoms with Crippen molar-refractivity contribution < 1.29 is 12.8 Å². The van der Waals surface area contributed by atoms with Crippen LogP contribution in [0.2, 0.25) is 0 Å². The number of rotatable bonds is 5. The zero-order chi connectivity index (χ0) is 15.1. The number of hydrogen-bond donors (Lipinski definition) is 1. The highest BCUT2D eigenvalue weighted by Crippen LogP contribution is 2.38. The van der Waals surface area contributed by atoms with Crippen molar-refractivity contribution in [1.82, 2.24) is 4.31 Å². The zero-order valence-corrected chi connectivity index (χ0v) is 12.9. The van der Waals surface area contributed by atoms with Gasteiger partial charge < -0.3 is 5.73 Å². The topological polar surface area (TPSA) is 63.4 Å². The Kier molecular flexibility index (Phi) is 4.18. The fraction of sp³-hybridized carbons (Fsp3) is 0.571. The lowest BCUT2D eigenvalue weighted by Gasteiger charge is -2.18. The van der Waals surface area contributed by atoms with Crippen molar-refractivity contribution in [1.29, 1.82) is 0 Å². The number of nitrogens with two attached hydrogens (primary N) is 1. The first-order valence-corrected chi connectivity index (χ1v) is 8.16. The van der Waals surface area contributed by atoms with Gasteiger partial charge in [-0.05, 0) is 42.9 Å². The molecule has 0 amide bonds. The summed E-state index contributed by atoms with van der Waals surface area (Å²) in [5.74, 6) is 0.595. The van der Waals surface area contributed by atoms with Crippen LogP contribution in [0.1, 0.15) is 24.5 Å². The molecule has 0 heterocycles. The van der Waals surface area contributed by atoms with Gasteiger partial charge in [0.15, 0.2) is 0 Å². The van der Waals surface area contributed by atoms with Gasteiger partial charge in [-0.1, -0.05) is 6.92 Å². The number of aryl methyl sites for hydroxylation is 1. The van der Waals surface area contributed by atoms with Gasteiger partial charge in [0.1, 0.15) is 5.82 Å². The van der Waals surface area contributed by atoms with Crippen LogP contribution in [0.25, 0.3) is 0 Å². The van der Waals surface area contributed by atoms with Crippen LogP contribution in [0.3, 0.4) is 0 Å². The van der Waals surface area contributed by atoms with Gasteiger partial charge in [0.2, 0.25) is 10.0 Å². The maximum absolute atomic E-state index is 13.8.